The standard InChI is InChI=1S/C20H22N5O8P/c1-3-13-23-17(21)14-18(24-13)25(9-22-14)20(19(28)32-11-6-4-10(2)5-7-11)16(27)15(26)12(33-20)8-31-34(29)30/h4-7,9,12,15-16,26-27H,3,8H2,1-2H3,(H2-,21,23,24,29,30)/p+1/t12-,15-,16-,20+/m1/s1. The predicted molar refractivity (Wildman–Crippen MR) is 117 cm³/mol. The molecule has 0 amide bonds. The van der Waals surface area contributed by atoms with Crippen LogP contribution in [0.4, 0.5) is 5.82 Å². The van der Waals surface area contributed by atoms with Crippen molar-refractivity contribution in [1.82, 2.24) is 19.5 Å². The van der Waals surface area contributed by atoms with Crippen LogP contribution in [0.2, 0.25) is 0 Å². The first-order valence-corrected chi connectivity index (χ1v) is 11.4. The second-order valence-corrected chi connectivity index (χ2v) is 8.42. The molecule has 0 saturated carbocycles. The van der Waals surface area contributed by atoms with Gasteiger partial charge in [-0.25, -0.2) is 19.7 Å². The molecule has 180 valence electrons. The minimum atomic E-state index is -3.02. The number of aryl methyl sites for hydroxylation is 2. The highest BCUT2D eigenvalue weighted by Crippen LogP contribution is 2.40. The van der Waals surface area contributed by atoms with Crippen LogP contribution in [-0.2, 0) is 30.8 Å². The first-order chi connectivity index (χ1) is 16.2. The van der Waals surface area contributed by atoms with Crippen LogP contribution in [0.15, 0.2) is 30.6 Å². The zero-order valence-electron chi connectivity index (χ0n) is 18.2. The lowest BCUT2D eigenvalue weighted by atomic mass is 10.0. The SMILES string of the molecule is CCc1nc(N)c2ncn([C@]3(C(=O)Oc4ccc(C)cc4)O[C@H](CO[P+](=O)O)[C@@H](O)[C@H]3O)c2n1. The summed E-state index contributed by atoms with van der Waals surface area (Å²) in [5.41, 5.74) is 4.75. The van der Waals surface area contributed by atoms with Gasteiger partial charge in [0.15, 0.2) is 11.5 Å². The van der Waals surface area contributed by atoms with Crippen molar-refractivity contribution in [1.29, 1.82) is 0 Å². The maximum Gasteiger partial charge on any atom is 0.694 e. The smallest absolute Gasteiger partial charge is 0.423 e. The number of anilines is 1. The second kappa shape index (κ2) is 9.29. The number of aliphatic hydroxyl groups is 2. The number of benzene rings is 1. The third-order valence-corrected chi connectivity index (χ3v) is 5.82. The van der Waals surface area contributed by atoms with Crippen molar-refractivity contribution in [2.45, 2.75) is 44.3 Å². The molecule has 14 heteroatoms. The van der Waals surface area contributed by atoms with Crippen molar-refractivity contribution in [3.63, 3.8) is 0 Å². The largest absolute Gasteiger partial charge is 0.694 e. The summed E-state index contributed by atoms with van der Waals surface area (Å²) in [5.74, 6) is -0.536. The van der Waals surface area contributed by atoms with Crippen LogP contribution < -0.4 is 10.5 Å². The van der Waals surface area contributed by atoms with Gasteiger partial charge in [-0.2, -0.15) is 0 Å². The number of aromatic nitrogens is 4. The van der Waals surface area contributed by atoms with Gasteiger partial charge in [-0.15, -0.1) is 9.42 Å². The Morgan fingerprint density at radius 2 is 2.00 bits per heavy atom. The first kappa shape index (κ1) is 24.1. The summed E-state index contributed by atoms with van der Waals surface area (Å²) in [4.78, 5) is 35.2. The van der Waals surface area contributed by atoms with Crippen molar-refractivity contribution in [2.24, 2.45) is 0 Å². The molecular weight excluding hydrogens is 469 g/mol. The Labute approximate surface area is 194 Å². The number of nitrogens with zero attached hydrogens (tertiary/aromatic N) is 4. The van der Waals surface area contributed by atoms with Crippen LogP contribution in [0.5, 0.6) is 5.75 Å². The molecule has 1 aliphatic heterocycles. The highest BCUT2D eigenvalue weighted by atomic mass is 31.1. The number of ether oxygens (including phenoxy) is 2. The predicted octanol–water partition coefficient (Wildman–Crippen LogP) is 0.325. The number of fused-ring (bicyclic) bond motifs is 1. The third kappa shape index (κ3) is 4.13. The maximum absolute atomic E-state index is 13.6. The summed E-state index contributed by atoms with van der Waals surface area (Å²) < 4.78 is 28.1. The molecule has 13 nitrogen and oxygen atoms in total. The fourth-order valence-electron chi connectivity index (χ4n) is 3.70. The molecule has 0 aliphatic carbocycles. The molecule has 34 heavy (non-hydrogen) atoms. The van der Waals surface area contributed by atoms with Crippen LogP contribution in [0.1, 0.15) is 18.3 Å². The van der Waals surface area contributed by atoms with E-state index in [0.717, 1.165) is 16.5 Å². The quantitative estimate of drug-likeness (QED) is 0.201. The number of carbonyl (C=O) groups is 1. The van der Waals surface area contributed by atoms with Crippen LogP contribution in [0, 0.1) is 6.92 Å². The Morgan fingerprint density at radius 1 is 1.29 bits per heavy atom. The third-order valence-electron chi connectivity index (χ3n) is 5.45. The topological polar surface area (TPSA) is 192 Å². The van der Waals surface area contributed by atoms with Gasteiger partial charge in [0.2, 0.25) is 0 Å². The molecule has 1 fully saturated rings. The lowest BCUT2D eigenvalue weighted by Crippen LogP contribution is -2.53. The van der Waals surface area contributed by atoms with Gasteiger partial charge in [-0.1, -0.05) is 24.6 Å². The molecule has 4 rings (SSSR count). The minimum Gasteiger partial charge on any atom is -0.423 e. The van der Waals surface area contributed by atoms with E-state index in [4.69, 9.17) is 20.1 Å². The maximum atomic E-state index is 13.6. The van der Waals surface area contributed by atoms with Gasteiger partial charge >= 0.3 is 14.2 Å². The van der Waals surface area contributed by atoms with E-state index < -0.39 is 44.9 Å². The molecule has 0 spiro atoms. The number of hydrogen-bond donors (Lipinski definition) is 4. The fraction of sp³-hybridized carbons (Fsp3) is 0.400. The molecule has 1 unspecified atom stereocenters. The van der Waals surface area contributed by atoms with E-state index in [0.29, 0.717) is 12.2 Å². The van der Waals surface area contributed by atoms with Crippen molar-refractivity contribution < 1.29 is 38.5 Å². The number of esters is 1. The Hall–Kier alpha value is -3.06. The molecule has 3 aromatic rings. The highest BCUT2D eigenvalue weighted by molar-refractivity contribution is 7.32. The fourth-order valence-corrected chi connectivity index (χ4v) is 3.97. The average molecular weight is 492 g/mol. The highest BCUT2D eigenvalue weighted by Gasteiger charge is 2.63. The number of aliphatic hydroxyl groups excluding tert-OH is 2. The first-order valence-electron chi connectivity index (χ1n) is 10.3. The summed E-state index contributed by atoms with van der Waals surface area (Å²) in [5, 5.41) is 21.7. The number of carbonyl (C=O) groups excluding carboxylic acids is 1. The number of imidazole rings is 1. The van der Waals surface area contributed by atoms with E-state index in [1.165, 1.54) is 0 Å². The zero-order valence-corrected chi connectivity index (χ0v) is 19.1. The van der Waals surface area contributed by atoms with E-state index in [-0.39, 0.29) is 22.7 Å². The van der Waals surface area contributed by atoms with Crippen LogP contribution >= 0.6 is 8.25 Å². The molecule has 5 atom stereocenters. The van der Waals surface area contributed by atoms with Crippen LogP contribution in [-0.4, -0.2) is 65.5 Å². The summed E-state index contributed by atoms with van der Waals surface area (Å²) in [6.07, 6.45) is -3.37. The van der Waals surface area contributed by atoms with Gasteiger partial charge in [-0.05, 0) is 19.1 Å². The summed E-state index contributed by atoms with van der Waals surface area (Å²) >= 11 is 0. The number of hydrogen-bond acceptors (Lipinski definition) is 11. The lowest BCUT2D eigenvalue weighted by molar-refractivity contribution is -0.190. The zero-order chi connectivity index (χ0) is 24.6. The molecule has 1 saturated heterocycles. The molecule has 5 N–H and O–H groups in total. The average Bonchev–Trinajstić information content (AvgIpc) is 3.34. The number of nitrogens with two attached hydrogens (primary N) is 1. The van der Waals surface area contributed by atoms with Crippen molar-refractivity contribution in [2.75, 3.05) is 12.3 Å². The molecule has 2 aromatic heterocycles. The van der Waals surface area contributed by atoms with E-state index >= 15 is 0 Å². The van der Waals surface area contributed by atoms with Gasteiger partial charge in [0.25, 0.3) is 5.72 Å². The van der Waals surface area contributed by atoms with E-state index in [1.54, 1.807) is 31.2 Å². The van der Waals surface area contributed by atoms with E-state index in [9.17, 15) is 19.6 Å². The van der Waals surface area contributed by atoms with Crippen molar-refractivity contribution in [3.8, 4) is 5.75 Å². The number of nitrogen functional groups attached to an aromatic ring is 1. The normalized spacial score (nSPS) is 25.0. The van der Waals surface area contributed by atoms with Crippen molar-refractivity contribution >= 4 is 31.2 Å². The Bertz CT molecular complexity index is 1240. The van der Waals surface area contributed by atoms with Crippen LogP contribution in [0.25, 0.3) is 11.2 Å². The van der Waals surface area contributed by atoms with E-state index in [1.807, 2.05) is 6.92 Å². The molecule has 0 bridgehead atoms. The van der Waals surface area contributed by atoms with E-state index in [2.05, 4.69) is 19.5 Å². The molecule has 1 aromatic carbocycles. The molecule has 0 radical (unpaired) electrons. The monoisotopic (exact) mass is 492 g/mol. The molecular formula is C20H23N5O8P+. The van der Waals surface area contributed by atoms with Gasteiger partial charge in [0, 0.05) is 11.0 Å². The number of rotatable bonds is 7. The Balaban J connectivity index is 1.84. The molecule has 1 aliphatic rings. The lowest BCUT2D eigenvalue weighted by Gasteiger charge is -2.31. The van der Waals surface area contributed by atoms with Gasteiger partial charge in [-0.3, -0.25) is 4.57 Å². The van der Waals surface area contributed by atoms with Crippen molar-refractivity contribution in [3.05, 3.63) is 42.0 Å². The van der Waals surface area contributed by atoms with Gasteiger partial charge in [0.05, 0.1) is 0 Å². The summed E-state index contributed by atoms with van der Waals surface area (Å²) in [7, 11) is -3.02. The summed E-state index contributed by atoms with van der Waals surface area (Å²) in [6.45, 7) is 3.07. The minimum absolute atomic E-state index is 0.0489. The Kier molecular flexibility index (Phi) is 6.58. The second-order valence-electron chi connectivity index (χ2n) is 7.69. The van der Waals surface area contributed by atoms with Crippen LogP contribution in [0.3, 0.4) is 0 Å². The molecule has 3 heterocycles. The Morgan fingerprint density at radius 3 is 2.65 bits per heavy atom. The van der Waals surface area contributed by atoms with Gasteiger partial charge in [0.1, 0.15) is 48.3 Å². The van der Waals surface area contributed by atoms with Gasteiger partial charge < -0.3 is 25.4 Å². The summed E-state index contributed by atoms with van der Waals surface area (Å²) in [6, 6.07) is 6.55.